The molecule has 0 unspecified atom stereocenters. The first-order valence-electron chi connectivity index (χ1n) is 6.26. The molecule has 18 heavy (non-hydrogen) atoms. The van der Waals surface area contributed by atoms with Gasteiger partial charge in [0.1, 0.15) is 5.82 Å². The zero-order valence-electron chi connectivity index (χ0n) is 11.2. The van der Waals surface area contributed by atoms with E-state index < -0.39 is 0 Å². The third-order valence-electron chi connectivity index (χ3n) is 3.50. The fourth-order valence-electron chi connectivity index (χ4n) is 1.95. The Labute approximate surface area is 122 Å². The lowest BCUT2D eigenvalue weighted by Gasteiger charge is -2.30. The summed E-state index contributed by atoms with van der Waals surface area (Å²) in [6.07, 6.45) is 4.40. The van der Waals surface area contributed by atoms with E-state index in [4.69, 9.17) is 0 Å². The van der Waals surface area contributed by atoms with Crippen molar-refractivity contribution in [3.05, 3.63) is 34.1 Å². The van der Waals surface area contributed by atoms with Crippen molar-refractivity contribution in [2.24, 2.45) is 0 Å². The largest absolute Gasteiger partial charge is 0.311 e. The number of benzene rings is 1. The highest BCUT2D eigenvalue weighted by Gasteiger charge is 2.24. The Balaban J connectivity index is 2.55. The molecule has 0 bridgehead atoms. The van der Waals surface area contributed by atoms with Crippen molar-refractivity contribution in [1.29, 1.82) is 0 Å². The molecule has 0 fully saturated rings. The van der Waals surface area contributed by atoms with Crippen LogP contribution in [0.3, 0.4) is 0 Å². The maximum atomic E-state index is 13.6. The molecular weight excluding hydrogens is 313 g/mol. The van der Waals surface area contributed by atoms with Gasteiger partial charge in [-0.15, -0.1) is 0 Å². The number of rotatable bonds is 7. The average molecular weight is 334 g/mol. The van der Waals surface area contributed by atoms with E-state index in [-0.39, 0.29) is 10.6 Å². The third kappa shape index (κ3) is 4.25. The molecule has 1 nitrogen and oxygen atoms in total. The first kappa shape index (κ1) is 16.0. The molecule has 4 heteroatoms. The van der Waals surface area contributed by atoms with Gasteiger partial charge in [-0.3, -0.25) is 0 Å². The first-order valence-corrected chi connectivity index (χ1v) is 8.28. The van der Waals surface area contributed by atoms with Gasteiger partial charge in [0.25, 0.3) is 0 Å². The summed E-state index contributed by atoms with van der Waals surface area (Å²) in [6.45, 7) is 5.92. The third-order valence-corrected chi connectivity index (χ3v) is 5.58. The Hall–Kier alpha value is -0.0600. The van der Waals surface area contributed by atoms with Crippen LogP contribution in [-0.2, 0) is 6.54 Å². The monoisotopic (exact) mass is 333 g/mol. The van der Waals surface area contributed by atoms with Crippen molar-refractivity contribution in [2.75, 3.05) is 12.8 Å². The van der Waals surface area contributed by atoms with Crippen molar-refractivity contribution in [2.45, 2.75) is 38.0 Å². The van der Waals surface area contributed by atoms with E-state index in [1.807, 2.05) is 23.9 Å². The molecular formula is C14H21BrFNS. The summed E-state index contributed by atoms with van der Waals surface area (Å²) in [6, 6.07) is 5.21. The van der Waals surface area contributed by atoms with Gasteiger partial charge in [0, 0.05) is 27.9 Å². The highest BCUT2D eigenvalue weighted by Crippen LogP contribution is 2.29. The second-order valence-corrected chi connectivity index (χ2v) is 6.62. The van der Waals surface area contributed by atoms with Gasteiger partial charge in [0.2, 0.25) is 0 Å². The zero-order valence-corrected chi connectivity index (χ0v) is 13.6. The molecule has 0 saturated heterocycles. The lowest BCUT2D eigenvalue weighted by Crippen LogP contribution is -2.36. The molecule has 0 spiro atoms. The lowest BCUT2D eigenvalue weighted by molar-refractivity contribution is 0.488. The maximum Gasteiger partial charge on any atom is 0.128 e. The Morgan fingerprint density at radius 3 is 2.50 bits per heavy atom. The van der Waals surface area contributed by atoms with Crippen LogP contribution in [-0.4, -0.2) is 17.5 Å². The summed E-state index contributed by atoms with van der Waals surface area (Å²) >= 11 is 5.16. The molecule has 1 N–H and O–H groups in total. The second kappa shape index (κ2) is 7.51. The van der Waals surface area contributed by atoms with Crippen LogP contribution in [0, 0.1) is 5.82 Å². The number of hydrogen-bond acceptors (Lipinski definition) is 2. The summed E-state index contributed by atoms with van der Waals surface area (Å²) in [5.41, 5.74) is 0.723. The highest BCUT2D eigenvalue weighted by molar-refractivity contribution is 9.10. The van der Waals surface area contributed by atoms with E-state index in [1.165, 1.54) is 6.07 Å². The van der Waals surface area contributed by atoms with Crippen molar-refractivity contribution in [3.63, 3.8) is 0 Å². The number of hydrogen-bond donors (Lipinski definition) is 1. The van der Waals surface area contributed by atoms with Gasteiger partial charge in [-0.05, 0) is 31.2 Å². The molecule has 1 aromatic carbocycles. The smallest absolute Gasteiger partial charge is 0.128 e. The van der Waals surface area contributed by atoms with Crippen LogP contribution >= 0.6 is 27.7 Å². The van der Waals surface area contributed by atoms with Gasteiger partial charge >= 0.3 is 0 Å². The Kier molecular flexibility index (Phi) is 6.67. The Morgan fingerprint density at radius 2 is 2.00 bits per heavy atom. The van der Waals surface area contributed by atoms with Crippen LogP contribution in [0.15, 0.2) is 22.7 Å². The molecule has 0 amide bonds. The van der Waals surface area contributed by atoms with Crippen LogP contribution in [0.4, 0.5) is 4.39 Å². The fraction of sp³-hybridized carbons (Fsp3) is 0.571. The van der Waals surface area contributed by atoms with Crippen molar-refractivity contribution in [1.82, 2.24) is 5.32 Å². The van der Waals surface area contributed by atoms with E-state index in [9.17, 15) is 4.39 Å². The first-order chi connectivity index (χ1) is 8.56. The van der Waals surface area contributed by atoms with Crippen molar-refractivity contribution >= 4 is 27.7 Å². The van der Waals surface area contributed by atoms with Crippen molar-refractivity contribution < 1.29 is 4.39 Å². The molecule has 102 valence electrons. The number of nitrogens with one attached hydrogen (secondary N) is 1. The van der Waals surface area contributed by atoms with Gasteiger partial charge in [0.05, 0.1) is 0 Å². The van der Waals surface area contributed by atoms with E-state index in [2.05, 4.69) is 41.3 Å². The molecule has 1 aromatic rings. The zero-order chi connectivity index (χ0) is 13.6. The average Bonchev–Trinajstić information content (AvgIpc) is 2.38. The normalized spacial score (nSPS) is 11.8. The molecule has 0 aliphatic rings. The molecule has 0 aliphatic heterocycles. The summed E-state index contributed by atoms with van der Waals surface area (Å²) in [5.74, 6) is -0.153. The molecule has 0 heterocycles. The van der Waals surface area contributed by atoms with E-state index in [0.717, 1.165) is 29.4 Å². The van der Waals surface area contributed by atoms with Crippen LogP contribution in [0.1, 0.15) is 32.3 Å². The molecule has 0 atom stereocenters. The quantitative estimate of drug-likeness (QED) is 0.782. The molecule has 0 radical (unpaired) electrons. The Bertz CT molecular complexity index is 372. The topological polar surface area (TPSA) is 12.0 Å². The number of halogens is 2. The minimum Gasteiger partial charge on any atom is -0.311 e. The maximum absolute atomic E-state index is 13.6. The van der Waals surface area contributed by atoms with Crippen molar-refractivity contribution in [3.8, 4) is 0 Å². The summed E-state index contributed by atoms with van der Waals surface area (Å²) in [7, 11) is 0. The second-order valence-electron chi connectivity index (χ2n) is 4.43. The van der Waals surface area contributed by atoms with Gasteiger partial charge in [0.15, 0.2) is 0 Å². The van der Waals surface area contributed by atoms with E-state index >= 15 is 0 Å². The van der Waals surface area contributed by atoms with Crippen LogP contribution < -0.4 is 5.32 Å². The van der Waals surface area contributed by atoms with Gasteiger partial charge in [-0.25, -0.2) is 4.39 Å². The summed E-state index contributed by atoms with van der Waals surface area (Å²) in [4.78, 5) is 0. The minimum absolute atomic E-state index is 0.153. The van der Waals surface area contributed by atoms with Crippen LogP contribution in [0.25, 0.3) is 0 Å². The van der Waals surface area contributed by atoms with E-state index in [0.29, 0.717) is 6.54 Å². The summed E-state index contributed by atoms with van der Waals surface area (Å²) in [5, 5.41) is 3.38. The molecule has 0 aromatic heterocycles. The van der Waals surface area contributed by atoms with Gasteiger partial charge in [-0.1, -0.05) is 35.8 Å². The van der Waals surface area contributed by atoms with E-state index in [1.54, 1.807) is 0 Å². The molecule has 1 rings (SSSR count). The van der Waals surface area contributed by atoms with Gasteiger partial charge < -0.3 is 5.32 Å². The molecule has 0 aliphatic carbocycles. The lowest BCUT2D eigenvalue weighted by atomic mass is 10.0. The predicted octanol–water partition coefficient (Wildman–Crippen LogP) is 4.60. The van der Waals surface area contributed by atoms with Crippen LogP contribution in [0.2, 0.25) is 0 Å². The summed E-state index contributed by atoms with van der Waals surface area (Å²) < 4.78 is 14.7. The SMILES string of the molecule is CCC(CC)(CNCc1ccc(Br)cc1F)SC. The Morgan fingerprint density at radius 1 is 1.33 bits per heavy atom. The predicted molar refractivity (Wildman–Crippen MR) is 82.6 cm³/mol. The fourth-order valence-corrected chi connectivity index (χ4v) is 3.11. The molecule has 0 saturated carbocycles. The number of thioether (sulfide) groups is 1. The highest BCUT2D eigenvalue weighted by atomic mass is 79.9. The minimum atomic E-state index is -0.153. The standard InChI is InChI=1S/C14H21BrFNS/c1-4-14(5-2,18-3)10-17-9-11-6-7-12(15)8-13(11)16/h6-8,17H,4-5,9-10H2,1-3H3. The van der Waals surface area contributed by atoms with Gasteiger partial charge in [-0.2, -0.15) is 11.8 Å². The van der Waals surface area contributed by atoms with Crippen LogP contribution in [0.5, 0.6) is 0 Å².